The van der Waals surface area contributed by atoms with Crippen LogP contribution in [0, 0.1) is 0 Å². The van der Waals surface area contributed by atoms with E-state index in [2.05, 4.69) is 53.6 Å². The average molecular weight is 265 g/mol. The summed E-state index contributed by atoms with van der Waals surface area (Å²) < 4.78 is 0.988. The number of hydrogen-bond acceptors (Lipinski definition) is 5. The van der Waals surface area contributed by atoms with E-state index in [1.54, 1.807) is 28.6 Å². The van der Waals surface area contributed by atoms with E-state index in [1.165, 1.54) is 10.5 Å². The molecule has 1 N–H and O–H groups in total. The van der Waals surface area contributed by atoms with Crippen molar-refractivity contribution in [2.75, 3.05) is 0 Å². The predicted molar refractivity (Wildman–Crippen MR) is 72.4 cm³/mol. The first-order valence-electron chi connectivity index (χ1n) is 5.51. The molecular weight excluding hydrogens is 250 g/mol. The second-order valence-corrected chi connectivity index (χ2v) is 6.07. The minimum absolute atomic E-state index is 0.495. The highest BCUT2D eigenvalue weighted by atomic mass is 32.2. The highest BCUT2D eigenvalue weighted by Crippen LogP contribution is 2.30. The predicted octanol–water partition coefficient (Wildman–Crippen LogP) is 3.19. The molecule has 17 heavy (non-hydrogen) atoms. The van der Waals surface area contributed by atoms with Gasteiger partial charge in [0.1, 0.15) is 5.51 Å². The van der Waals surface area contributed by atoms with E-state index in [9.17, 15) is 0 Å². The maximum Gasteiger partial charge on any atom is 0.178 e. The quantitative estimate of drug-likeness (QED) is 0.901. The number of rotatable bonds is 5. The second-order valence-electron chi connectivity index (χ2n) is 3.95. The van der Waals surface area contributed by atoms with Crippen LogP contribution in [-0.2, 0) is 6.54 Å². The molecule has 2 aromatic rings. The van der Waals surface area contributed by atoms with Crippen molar-refractivity contribution in [1.29, 1.82) is 0 Å². The zero-order valence-electron chi connectivity index (χ0n) is 9.88. The van der Waals surface area contributed by atoms with Gasteiger partial charge in [-0.1, -0.05) is 55.1 Å². The lowest BCUT2D eigenvalue weighted by molar-refractivity contribution is 0.585. The van der Waals surface area contributed by atoms with Gasteiger partial charge in [-0.15, -0.1) is 10.2 Å². The van der Waals surface area contributed by atoms with Crippen molar-refractivity contribution in [3.05, 3.63) is 35.3 Å². The lowest BCUT2D eigenvalue weighted by atomic mass is 10.2. The van der Waals surface area contributed by atoms with Crippen molar-refractivity contribution in [2.45, 2.75) is 35.7 Å². The lowest BCUT2D eigenvalue weighted by Gasteiger charge is -2.11. The summed E-state index contributed by atoms with van der Waals surface area (Å²) in [6.07, 6.45) is 0. The van der Waals surface area contributed by atoms with Crippen molar-refractivity contribution in [3.63, 3.8) is 0 Å². The zero-order valence-corrected chi connectivity index (χ0v) is 11.5. The number of hydrogen-bond donors (Lipinski definition) is 1. The van der Waals surface area contributed by atoms with Crippen LogP contribution in [0.15, 0.2) is 39.0 Å². The first-order chi connectivity index (χ1) is 8.25. The van der Waals surface area contributed by atoms with Crippen molar-refractivity contribution in [2.24, 2.45) is 0 Å². The molecule has 0 aliphatic rings. The van der Waals surface area contributed by atoms with Gasteiger partial charge in [-0.05, 0) is 11.6 Å². The maximum atomic E-state index is 4.06. The van der Waals surface area contributed by atoms with Crippen LogP contribution in [0.1, 0.15) is 19.4 Å². The van der Waals surface area contributed by atoms with E-state index in [-0.39, 0.29) is 0 Å². The average Bonchev–Trinajstić information content (AvgIpc) is 2.80. The van der Waals surface area contributed by atoms with E-state index in [4.69, 9.17) is 0 Å². The Morgan fingerprint density at radius 2 is 2.18 bits per heavy atom. The first kappa shape index (κ1) is 12.5. The molecule has 0 radical (unpaired) electrons. The minimum atomic E-state index is 0.495. The van der Waals surface area contributed by atoms with Gasteiger partial charge in [-0.2, -0.15) is 0 Å². The van der Waals surface area contributed by atoms with Crippen LogP contribution in [0.5, 0.6) is 0 Å². The highest BCUT2D eigenvalue weighted by molar-refractivity contribution is 8.01. The molecule has 0 fully saturated rings. The number of nitrogens with zero attached hydrogens (tertiary/aromatic N) is 2. The molecule has 5 heteroatoms. The smallest absolute Gasteiger partial charge is 0.178 e. The van der Waals surface area contributed by atoms with Gasteiger partial charge >= 0.3 is 0 Å². The normalized spacial score (nSPS) is 11.0. The highest BCUT2D eigenvalue weighted by Gasteiger charge is 2.06. The van der Waals surface area contributed by atoms with Crippen LogP contribution in [0.2, 0.25) is 0 Å². The Balaban J connectivity index is 2.10. The van der Waals surface area contributed by atoms with Gasteiger partial charge in [0, 0.05) is 17.5 Å². The number of benzene rings is 1. The third-order valence-electron chi connectivity index (χ3n) is 2.21. The molecule has 90 valence electrons. The molecule has 0 bridgehead atoms. The number of nitrogens with one attached hydrogen (secondary N) is 1. The van der Waals surface area contributed by atoms with E-state index >= 15 is 0 Å². The summed E-state index contributed by atoms with van der Waals surface area (Å²) in [6.45, 7) is 5.20. The first-order valence-corrected chi connectivity index (χ1v) is 7.20. The largest absolute Gasteiger partial charge is 0.310 e. The van der Waals surface area contributed by atoms with Crippen molar-refractivity contribution in [3.8, 4) is 0 Å². The molecule has 0 atom stereocenters. The second kappa shape index (κ2) is 6.14. The summed E-state index contributed by atoms with van der Waals surface area (Å²) in [5, 5.41) is 11.3. The Bertz CT molecular complexity index is 455. The fourth-order valence-electron chi connectivity index (χ4n) is 1.36. The van der Waals surface area contributed by atoms with Crippen molar-refractivity contribution < 1.29 is 0 Å². The summed E-state index contributed by atoms with van der Waals surface area (Å²) in [6, 6.07) is 8.90. The molecule has 0 saturated carbocycles. The monoisotopic (exact) mass is 265 g/mol. The molecular formula is C12H15N3S2. The van der Waals surface area contributed by atoms with E-state index < -0.39 is 0 Å². The summed E-state index contributed by atoms with van der Waals surface area (Å²) in [4.78, 5) is 1.25. The van der Waals surface area contributed by atoms with E-state index in [0.29, 0.717) is 6.04 Å². The SMILES string of the molecule is CC(C)NCc1ccccc1Sc1nncs1. The Labute approximate surface area is 110 Å². The van der Waals surface area contributed by atoms with Crippen LogP contribution in [0.3, 0.4) is 0 Å². The van der Waals surface area contributed by atoms with Crippen LogP contribution in [0.4, 0.5) is 0 Å². The Morgan fingerprint density at radius 1 is 1.35 bits per heavy atom. The molecule has 3 nitrogen and oxygen atoms in total. The van der Waals surface area contributed by atoms with Gasteiger partial charge in [-0.3, -0.25) is 0 Å². The summed E-state index contributed by atoms with van der Waals surface area (Å²) >= 11 is 3.25. The van der Waals surface area contributed by atoms with Gasteiger partial charge in [0.25, 0.3) is 0 Å². The summed E-state index contributed by atoms with van der Waals surface area (Å²) in [5.41, 5.74) is 3.07. The van der Waals surface area contributed by atoms with Gasteiger partial charge in [0.05, 0.1) is 0 Å². The number of aromatic nitrogens is 2. The Hall–Kier alpha value is -0.910. The lowest BCUT2D eigenvalue weighted by Crippen LogP contribution is -2.22. The van der Waals surface area contributed by atoms with Crippen LogP contribution in [0.25, 0.3) is 0 Å². The van der Waals surface area contributed by atoms with Gasteiger partial charge in [0.15, 0.2) is 4.34 Å². The molecule has 0 aliphatic heterocycles. The summed E-state index contributed by atoms with van der Waals surface area (Å²) in [5.74, 6) is 0. The van der Waals surface area contributed by atoms with Crippen molar-refractivity contribution in [1.82, 2.24) is 15.5 Å². The molecule has 1 aromatic heterocycles. The maximum absolute atomic E-state index is 4.06. The van der Waals surface area contributed by atoms with Crippen molar-refractivity contribution >= 4 is 23.1 Å². The fourth-order valence-corrected chi connectivity index (χ4v) is 2.93. The third-order valence-corrected chi connectivity index (χ3v) is 4.11. The molecule has 0 amide bonds. The molecule has 0 saturated heterocycles. The Morgan fingerprint density at radius 3 is 2.88 bits per heavy atom. The molecule has 1 heterocycles. The van der Waals surface area contributed by atoms with Gasteiger partial charge in [-0.25, -0.2) is 0 Å². The topological polar surface area (TPSA) is 37.8 Å². The van der Waals surface area contributed by atoms with Gasteiger partial charge in [0.2, 0.25) is 0 Å². The molecule has 1 aromatic carbocycles. The van der Waals surface area contributed by atoms with E-state index in [1.807, 2.05) is 0 Å². The molecule has 0 unspecified atom stereocenters. The zero-order chi connectivity index (χ0) is 12.1. The molecule has 0 aliphatic carbocycles. The fraction of sp³-hybridized carbons (Fsp3) is 0.333. The van der Waals surface area contributed by atoms with Crippen LogP contribution in [-0.4, -0.2) is 16.2 Å². The van der Waals surface area contributed by atoms with Crippen LogP contribution >= 0.6 is 23.1 Å². The van der Waals surface area contributed by atoms with E-state index in [0.717, 1.165) is 10.9 Å². The standard InChI is InChI=1S/C12H15N3S2/c1-9(2)13-7-10-5-3-4-6-11(10)17-12-15-14-8-16-12/h3-6,8-9,13H,7H2,1-2H3. The summed E-state index contributed by atoms with van der Waals surface area (Å²) in [7, 11) is 0. The third kappa shape index (κ3) is 3.80. The van der Waals surface area contributed by atoms with Crippen LogP contribution < -0.4 is 5.32 Å². The van der Waals surface area contributed by atoms with Gasteiger partial charge < -0.3 is 5.32 Å². The molecule has 2 rings (SSSR count). The minimum Gasteiger partial charge on any atom is -0.310 e. The Kier molecular flexibility index (Phi) is 4.53. The molecule has 0 spiro atoms.